The Morgan fingerprint density at radius 3 is 1.94 bits per heavy atom. The van der Waals surface area contributed by atoms with Crippen molar-refractivity contribution in [1.29, 1.82) is 0 Å². The van der Waals surface area contributed by atoms with E-state index in [1.165, 1.54) is 12.1 Å². The Morgan fingerprint density at radius 2 is 1.40 bits per heavy atom. The van der Waals surface area contributed by atoms with E-state index in [4.69, 9.17) is 4.74 Å². The fourth-order valence-electron chi connectivity index (χ4n) is 3.42. The quantitative estimate of drug-likeness (QED) is 0.335. The standard InChI is InChI=1S/C27H28FNO5S/c1-17(2)24(29-35(32,33)23-8-6-5-7-22(23)28)27(31)34-26(21-15-11-19(4)12-16-21)25(30)20-13-9-18(3)10-14-20/h5-17,24,26,29H,1-4H3/t24-,26?/m0/s1. The molecule has 0 aliphatic heterocycles. The van der Waals surface area contributed by atoms with E-state index in [2.05, 4.69) is 4.72 Å². The summed E-state index contributed by atoms with van der Waals surface area (Å²) in [6, 6.07) is 17.3. The minimum atomic E-state index is -4.37. The number of hydrogen-bond acceptors (Lipinski definition) is 5. The Balaban J connectivity index is 1.93. The van der Waals surface area contributed by atoms with E-state index in [0.29, 0.717) is 11.1 Å². The molecule has 3 aromatic rings. The van der Waals surface area contributed by atoms with Gasteiger partial charge in [0.25, 0.3) is 0 Å². The number of ether oxygens (including phenoxy) is 1. The van der Waals surface area contributed by atoms with Crippen LogP contribution < -0.4 is 4.72 Å². The molecule has 0 radical (unpaired) electrons. The zero-order valence-electron chi connectivity index (χ0n) is 20.0. The summed E-state index contributed by atoms with van der Waals surface area (Å²) in [4.78, 5) is 26.0. The highest BCUT2D eigenvalue weighted by atomic mass is 32.2. The van der Waals surface area contributed by atoms with Gasteiger partial charge in [0, 0.05) is 11.1 Å². The molecule has 35 heavy (non-hydrogen) atoms. The topological polar surface area (TPSA) is 89.5 Å². The van der Waals surface area contributed by atoms with Crippen LogP contribution in [0.5, 0.6) is 0 Å². The third-order valence-electron chi connectivity index (χ3n) is 5.52. The van der Waals surface area contributed by atoms with Gasteiger partial charge in [0.2, 0.25) is 15.8 Å². The third kappa shape index (κ3) is 6.41. The maximum absolute atomic E-state index is 14.1. The number of Topliss-reactive ketones (excluding diaryl/α,β-unsaturated/α-hetero) is 1. The van der Waals surface area contributed by atoms with Gasteiger partial charge in [0.05, 0.1) is 0 Å². The number of benzene rings is 3. The molecule has 2 atom stereocenters. The van der Waals surface area contributed by atoms with Crippen LogP contribution >= 0.6 is 0 Å². The number of hydrogen-bond donors (Lipinski definition) is 1. The van der Waals surface area contributed by atoms with Gasteiger partial charge in [-0.25, -0.2) is 12.8 Å². The largest absolute Gasteiger partial charge is 0.448 e. The molecule has 0 spiro atoms. The predicted molar refractivity (Wildman–Crippen MR) is 131 cm³/mol. The molecule has 3 aromatic carbocycles. The van der Waals surface area contributed by atoms with Crippen molar-refractivity contribution >= 4 is 21.8 Å². The molecule has 184 valence electrons. The van der Waals surface area contributed by atoms with Crippen LogP contribution in [0.25, 0.3) is 0 Å². The molecule has 0 bridgehead atoms. The maximum Gasteiger partial charge on any atom is 0.325 e. The van der Waals surface area contributed by atoms with E-state index in [9.17, 15) is 22.4 Å². The van der Waals surface area contributed by atoms with Gasteiger partial charge in [-0.3, -0.25) is 9.59 Å². The second-order valence-corrected chi connectivity index (χ2v) is 10.4. The highest BCUT2D eigenvalue weighted by Crippen LogP contribution is 2.25. The van der Waals surface area contributed by atoms with Crippen LogP contribution in [0.4, 0.5) is 4.39 Å². The lowest BCUT2D eigenvalue weighted by Gasteiger charge is -2.24. The number of rotatable bonds is 9. The highest BCUT2D eigenvalue weighted by Gasteiger charge is 2.34. The highest BCUT2D eigenvalue weighted by molar-refractivity contribution is 7.89. The number of esters is 1. The zero-order valence-corrected chi connectivity index (χ0v) is 20.8. The Morgan fingerprint density at radius 1 is 0.857 bits per heavy atom. The number of aryl methyl sites for hydroxylation is 2. The minimum Gasteiger partial charge on any atom is -0.448 e. The molecule has 6 nitrogen and oxygen atoms in total. The predicted octanol–water partition coefficient (Wildman–Crippen LogP) is 4.91. The molecule has 0 heterocycles. The summed E-state index contributed by atoms with van der Waals surface area (Å²) in [5.74, 6) is -2.87. The number of carbonyl (C=O) groups is 2. The van der Waals surface area contributed by atoms with Crippen molar-refractivity contribution in [3.8, 4) is 0 Å². The van der Waals surface area contributed by atoms with Crippen molar-refractivity contribution in [2.45, 2.75) is 44.7 Å². The number of sulfonamides is 1. The lowest BCUT2D eigenvalue weighted by Crippen LogP contribution is -2.46. The SMILES string of the molecule is Cc1ccc(C(=O)C(OC(=O)[C@@H](NS(=O)(=O)c2ccccc2F)C(C)C)c2ccc(C)cc2)cc1. The van der Waals surface area contributed by atoms with E-state index in [1.807, 2.05) is 13.8 Å². The summed E-state index contributed by atoms with van der Waals surface area (Å²) < 4.78 is 47.7. The Labute approximate surface area is 205 Å². The van der Waals surface area contributed by atoms with E-state index >= 15 is 0 Å². The van der Waals surface area contributed by atoms with Crippen molar-refractivity contribution in [2.24, 2.45) is 5.92 Å². The second kappa shape index (κ2) is 10.9. The van der Waals surface area contributed by atoms with Gasteiger partial charge >= 0.3 is 5.97 Å². The van der Waals surface area contributed by atoms with Crippen LogP contribution in [0.3, 0.4) is 0 Å². The fourth-order valence-corrected chi connectivity index (χ4v) is 4.83. The number of carbonyl (C=O) groups excluding carboxylic acids is 2. The van der Waals surface area contributed by atoms with Gasteiger partial charge in [0.15, 0.2) is 6.10 Å². The molecule has 0 aromatic heterocycles. The maximum atomic E-state index is 14.1. The summed E-state index contributed by atoms with van der Waals surface area (Å²) in [5, 5.41) is 0. The van der Waals surface area contributed by atoms with Crippen LogP contribution in [0.1, 0.15) is 47.0 Å². The van der Waals surface area contributed by atoms with Crippen LogP contribution in [0.2, 0.25) is 0 Å². The molecule has 3 rings (SSSR count). The smallest absolute Gasteiger partial charge is 0.325 e. The average Bonchev–Trinajstić information content (AvgIpc) is 2.81. The van der Waals surface area contributed by atoms with Crippen molar-refractivity contribution in [3.63, 3.8) is 0 Å². The molecule has 0 saturated carbocycles. The first-order valence-electron chi connectivity index (χ1n) is 11.1. The monoisotopic (exact) mass is 497 g/mol. The van der Waals surface area contributed by atoms with Crippen LogP contribution in [0.15, 0.2) is 77.7 Å². The summed E-state index contributed by atoms with van der Waals surface area (Å²) in [5.41, 5.74) is 2.73. The Bertz CT molecular complexity index is 1300. The molecule has 0 fully saturated rings. The first-order valence-corrected chi connectivity index (χ1v) is 12.6. The lowest BCUT2D eigenvalue weighted by atomic mass is 9.98. The molecule has 0 aliphatic rings. The summed E-state index contributed by atoms with van der Waals surface area (Å²) >= 11 is 0. The summed E-state index contributed by atoms with van der Waals surface area (Å²) in [7, 11) is -4.37. The van der Waals surface area contributed by atoms with Crippen LogP contribution in [0, 0.1) is 25.6 Å². The molecule has 0 saturated heterocycles. The third-order valence-corrected chi connectivity index (χ3v) is 6.99. The first kappa shape index (κ1) is 26.2. The molecular formula is C27H28FNO5S. The van der Waals surface area contributed by atoms with E-state index in [1.54, 1.807) is 62.4 Å². The Hall–Kier alpha value is -3.36. The first-order chi connectivity index (χ1) is 16.5. The minimum absolute atomic E-state index is 0.349. The van der Waals surface area contributed by atoms with E-state index in [0.717, 1.165) is 23.3 Å². The van der Waals surface area contributed by atoms with E-state index in [-0.39, 0.29) is 0 Å². The molecular weight excluding hydrogens is 469 g/mol. The van der Waals surface area contributed by atoms with Gasteiger partial charge in [-0.2, -0.15) is 4.72 Å². The van der Waals surface area contributed by atoms with Crippen LogP contribution in [-0.4, -0.2) is 26.2 Å². The van der Waals surface area contributed by atoms with Crippen molar-refractivity contribution in [3.05, 3.63) is 101 Å². The number of halogens is 1. The lowest BCUT2D eigenvalue weighted by molar-refractivity contribution is -0.150. The number of nitrogens with one attached hydrogen (secondary N) is 1. The molecule has 0 aliphatic carbocycles. The second-order valence-electron chi connectivity index (χ2n) is 8.73. The summed E-state index contributed by atoms with van der Waals surface area (Å²) in [6.07, 6.45) is -1.29. The summed E-state index contributed by atoms with van der Waals surface area (Å²) in [6.45, 7) is 7.02. The molecule has 1 unspecified atom stereocenters. The van der Waals surface area contributed by atoms with Gasteiger partial charge < -0.3 is 4.74 Å². The van der Waals surface area contributed by atoms with Gasteiger partial charge in [-0.05, 0) is 31.9 Å². The molecule has 1 N–H and O–H groups in total. The van der Waals surface area contributed by atoms with Gasteiger partial charge in [-0.1, -0.05) is 85.6 Å². The van der Waals surface area contributed by atoms with Crippen molar-refractivity contribution in [2.75, 3.05) is 0 Å². The normalized spacial score (nSPS) is 13.3. The molecule has 8 heteroatoms. The zero-order chi connectivity index (χ0) is 25.8. The van der Waals surface area contributed by atoms with Crippen molar-refractivity contribution in [1.82, 2.24) is 4.72 Å². The molecule has 0 amide bonds. The fraction of sp³-hybridized carbons (Fsp3) is 0.259. The van der Waals surface area contributed by atoms with Crippen LogP contribution in [-0.2, 0) is 19.6 Å². The Kier molecular flexibility index (Phi) is 8.19. The van der Waals surface area contributed by atoms with Crippen molar-refractivity contribution < 1.29 is 27.1 Å². The van der Waals surface area contributed by atoms with E-state index < -0.39 is 50.6 Å². The average molecular weight is 498 g/mol. The van der Waals surface area contributed by atoms with Gasteiger partial charge in [0.1, 0.15) is 16.8 Å². The van der Waals surface area contributed by atoms with Gasteiger partial charge in [-0.15, -0.1) is 0 Å². The number of ketones is 1.